The fourth-order valence-electron chi connectivity index (χ4n) is 9.83. The molecule has 0 radical (unpaired) electrons. The SMILES string of the molecule is C[C@@H]1C[C@H]2OCO[C@]23O[C@@H]2C[C@@]4(C)C(=C[C@H]2O[C@@H]3O1)CC[C@@H]1[C@@H]4[C@H](O)C[C@]2(C)C(C3=CC(=O)OC3)=CC[C@@]12O. The number of aliphatic hydroxyl groups is 2. The molecule has 4 aliphatic carbocycles. The fraction of sp³-hybridized carbons (Fsp3) is 0.767. The van der Waals surface area contributed by atoms with Crippen LogP contribution >= 0.6 is 0 Å². The molecule has 9 nitrogen and oxygen atoms in total. The standard InChI is InChI=1S/C30H38O9/c1-15-8-23-30(36-14-35-23)26(37-15)38-21-10-17-4-5-19-25(27(17,2)12-22(21)39-30)20(31)11-28(3)18(6-7-29(19,28)33)16-9-24(32)34-13-16/h6,9-10,15,19-23,25-26,31,33H,4-5,7-8,11-14H2,1-3H3/t15-,19-,20-,21-,22-,23-,25-,26+,27+,28-,29-,30+/m1/s1. The summed E-state index contributed by atoms with van der Waals surface area (Å²) in [5.41, 5.74) is 0.999. The second kappa shape index (κ2) is 8.03. The summed E-state index contributed by atoms with van der Waals surface area (Å²) in [6.07, 6.45) is 7.57. The Morgan fingerprint density at radius 1 is 1.15 bits per heavy atom. The van der Waals surface area contributed by atoms with Crippen molar-refractivity contribution in [2.24, 2.45) is 22.7 Å². The molecule has 5 fully saturated rings. The third-order valence-electron chi connectivity index (χ3n) is 11.7. The average molecular weight is 543 g/mol. The Bertz CT molecular complexity index is 1210. The van der Waals surface area contributed by atoms with Crippen molar-refractivity contribution in [3.63, 3.8) is 0 Å². The number of esters is 1. The number of cyclic esters (lactones) is 1. The molecule has 212 valence electrons. The number of carbonyl (C=O) groups is 1. The summed E-state index contributed by atoms with van der Waals surface area (Å²) in [5.74, 6) is -1.67. The Morgan fingerprint density at radius 3 is 2.79 bits per heavy atom. The molecule has 39 heavy (non-hydrogen) atoms. The van der Waals surface area contributed by atoms with E-state index in [1.807, 2.05) is 6.92 Å². The van der Waals surface area contributed by atoms with Crippen LogP contribution in [0.1, 0.15) is 59.3 Å². The van der Waals surface area contributed by atoms with E-state index in [4.69, 9.17) is 28.4 Å². The van der Waals surface area contributed by atoms with Crippen LogP contribution in [0.2, 0.25) is 0 Å². The van der Waals surface area contributed by atoms with Gasteiger partial charge >= 0.3 is 5.97 Å². The summed E-state index contributed by atoms with van der Waals surface area (Å²) in [6, 6.07) is 0. The van der Waals surface area contributed by atoms with Gasteiger partial charge in [0, 0.05) is 23.5 Å². The van der Waals surface area contributed by atoms with Crippen LogP contribution < -0.4 is 0 Å². The van der Waals surface area contributed by atoms with E-state index in [1.165, 1.54) is 11.6 Å². The number of ether oxygens (including phenoxy) is 6. The van der Waals surface area contributed by atoms with Gasteiger partial charge in [0.1, 0.15) is 18.8 Å². The number of allylic oxidation sites excluding steroid dienone is 1. The van der Waals surface area contributed by atoms with Crippen LogP contribution in [-0.4, -0.2) is 77.8 Å². The minimum absolute atomic E-state index is 0.0195. The highest BCUT2D eigenvalue weighted by atomic mass is 16.9. The lowest BCUT2D eigenvalue weighted by Crippen LogP contribution is -2.69. The molecule has 8 aliphatic rings. The Labute approximate surface area is 228 Å². The monoisotopic (exact) mass is 542 g/mol. The second-order valence-electron chi connectivity index (χ2n) is 13.5. The van der Waals surface area contributed by atoms with E-state index in [0.29, 0.717) is 25.7 Å². The molecule has 0 aromatic carbocycles. The lowest BCUT2D eigenvalue weighted by molar-refractivity contribution is -0.430. The van der Waals surface area contributed by atoms with E-state index in [1.54, 1.807) is 0 Å². The van der Waals surface area contributed by atoms with Crippen molar-refractivity contribution < 1.29 is 43.4 Å². The number of fused-ring (bicyclic) bond motifs is 6. The Morgan fingerprint density at radius 2 is 2.00 bits per heavy atom. The first kappa shape index (κ1) is 25.1. The van der Waals surface area contributed by atoms with E-state index in [9.17, 15) is 15.0 Å². The molecule has 4 aliphatic heterocycles. The normalized spacial score (nSPS) is 55.6. The van der Waals surface area contributed by atoms with Gasteiger partial charge < -0.3 is 38.6 Å². The maximum atomic E-state index is 12.5. The zero-order valence-electron chi connectivity index (χ0n) is 22.8. The summed E-state index contributed by atoms with van der Waals surface area (Å²) >= 11 is 0. The maximum absolute atomic E-state index is 12.5. The van der Waals surface area contributed by atoms with Gasteiger partial charge in [-0.15, -0.1) is 0 Å². The van der Waals surface area contributed by atoms with Gasteiger partial charge in [-0.1, -0.05) is 31.6 Å². The first-order valence-corrected chi connectivity index (χ1v) is 14.5. The highest BCUT2D eigenvalue weighted by Crippen LogP contribution is 2.68. The average Bonchev–Trinajstić information content (AvgIpc) is 3.55. The summed E-state index contributed by atoms with van der Waals surface area (Å²) in [4.78, 5) is 11.8. The smallest absolute Gasteiger partial charge is 0.331 e. The van der Waals surface area contributed by atoms with Crippen molar-refractivity contribution in [2.45, 2.75) is 107 Å². The molecule has 0 aromatic heterocycles. The van der Waals surface area contributed by atoms with E-state index in [0.717, 1.165) is 24.0 Å². The zero-order valence-corrected chi connectivity index (χ0v) is 22.8. The van der Waals surface area contributed by atoms with Crippen molar-refractivity contribution >= 4 is 5.97 Å². The van der Waals surface area contributed by atoms with Crippen LogP contribution in [-0.2, 0) is 33.2 Å². The maximum Gasteiger partial charge on any atom is 0.331 e. The number of hydrogen-bond donors (Lipinski definition) is 2. The van der Waals surface area contributed by atoms with Gasteiger partial charge in [-0.3, -0.25) is 0 Å². The number of rotatable bonds is 1. The third-order valence-corrected chi connectivity index (χ3v) is 11.7. The highest BCUT2D eigenvalue weighted by molar-refractivity contribution is 5.86. The Balaban J connectivity index is 1.13. The minimum Gasteiger partial charge on any atom is -0.458 e. The van der Waals surface area contributed by atoms with Crippen molar-refractivity contribution in [1.29, 1.82) is 0 Å². The predicted octanol–water partition coefficient (Wildman–Crippen LogP) is 2.65. The van der Waals surface area contributed by atoms with Gasteiger partial charge in [0.25, 0.3) is 0 Å². The van der Waals surface area contributed by atoms with Gasteiger partial charge in [0.15, 0.2) is 6.79 Å². The zero-order chi connectivity index (χ0) is 26.9. The van der Waals surface area contributed by atoms with Crippen LogP contribution in [0.4, 0.5) is 0 Å². The molecule has 2 N–H and O–H groups in total. The fourth-order valence-corrected chi connectivity index (χ4v) is 9.83. The molecule has 2 saturated carbocycles. The first-order chi connectivity index (χ1) is 18.6. The summed E-state index contributed by atoms with van der Waals surface area (Å²) in [7, 11) is 0. The number of aliphatic hydroxyl groups excluding tert-OH is 1. The largest absolute Gasteiger partial charge is 0.458 e. The molecule has 1 spiro atoms. The summed E-state index contributed by atoms with van der Waals surface area (Å²) in [5, 5.41) is 24.4. The van der Waals surface area contributed by atoms with Gasteiger partial charge in [0.05, 0.1) is 23.9 Å². The lowest BCUT2D eigenvalue weighted by atomic mass is 9.44. The topological polar surface area (TPSA) is 113 Å². The number of carbonyl (C=O) groups excluding carboxylic acids is 1. The van der Waals surface area contributed by atoms with Gasteiger partial charge in [0.2, 0.25) is 12.1 Å². The van der Waals surface area contributed by atoms with Crippen molar-refractivity contribution in [3.8, 4) is 0 Å². The molecule has 0 bridgehead atoms. The second-order valence-corrected chi connectivity index (χ2v) is 13.5. The van der Waals surface area contributed by atoms with Gasteiger partial charge in [-0.25, -0.2) is 4.79 Å². The van der Waals surface area contributed by atoms with Crippen molar-refractivity contribution in [3.05, 3.63) is 34.9 Å². The van der Waals surface area contributed by atoms with Crippen LogP contribution in [0.15, 0.2) is 34.9 Å². The van der Waals surface area contributed by atoms with Crippen molar-refractivity contribution in [2.75, 3.05) is 13.4 Å². The molecular weight excluding hydrogens is 504 g/mol. The Hall–Kier alpha value is -1.59. The molecule has 3 saturated heterocycles. The van der Waals surface area contributed by atoms with E-state index >= 15 is 0 Å². The molecular formula is C30H38O9. The predicted molar refractivity (Wildman–Crippen MR) is 135 cm³/mol. The highest BCUT2D eigenvalue weighted by Gasteiger charge is 2.70. The van der Waals surface area contributed by atoms with Gasteiger partial charge in [-0.05, 0) is 61.9 Å². The van der Waals surface area contributed by atoms with E-state index < -0.39 is 29.2 Å². The summed E-state index contributed by atoms with van der Waals surface area (Å²) < 4.78 is 36.6. The van der Waals surface area contributed by atoms with E-state index in [-0.39, 0.29) is 61.0 Å². The van der Waals surface area contributed by atoms with Crippen LogP contribution in [0.5, 0.6) is 0 Å². The van der Waals surface area contributed by atoms with Crippen LogP contribution in [0.25, 0.3) is 0 Å². The third kappa shape index (κ3) is 3.13. The Kier molecular flexibility index (Phi) is 5.18. The molecule has 4 heterocycles. The van der Waals surface area contributed by atoms with Crippen LogP contribution in [0.3, 0.4) is 0 Å². The molecule has 0 aromatic rings. The minimum atomic E-state index is -1.08. The van der Waals surface area contributed by atoms with E-state index in [2.05, 4.69) is 26.0 Å². The van der Waals surface area contributed by atoms with Crippen molar-refractivity contribution in [1.82, 2.24) is 0 Å². The van der Waals surface area contributed by atoms with Gasteiger partial charge in [-0.2, -0.15) is 0 Å². The molecule has 12 atom stereocenters. The summed E-state index contributed by atoms with van der Waals surface area (Å²) in [6.45, 7) is 6.67. The molecule has 0 amide bonds. The van der Waals surface area contributed by atoms with Crippen LogP contribution in [0, 0.1) is 22.7 Å². The molecule has 0 unspecified atom stereocenters. The lowest BCUT2D eigenvalue weighted by Gasteiger charge is -2.64. The molecule has 8 rings (SSSR count). The number of hydrogen-bond acceptors (Lipinski definition) is 9. The first-order valence-electron chi connectivity index (χ1n) is 14.5. The molecule has 9 heteroatoms. The quantitative estimate of drug-likeness (QED) is 0.381.